The number of nitrogens with zero attached hydrogens (tertiary/aromatic N) is 3. The Kier molecular flexibility index (Phi) is 5.36. The van der Waals surface area contributed by atoms with E-state index in [0.717, 1.165) is 42.1 Å². The Morgan fingerprint density at radius 2 is 2.00 bits per heavy atom. The topological polar surface area (TPSA) is 88.9 Å². The summed E-state index contributed by atoms with van der Waals surface area (Å²) in [6.07, 6.45) is -0.503. The Balaban J connectivity index is 1.60. The maximum Gasteiger partial charge on any atom is 0.416 e. The van der Waals surface area contributed by atoms with Gasteiger partial charge < -0.3 is 10.6 Å². The SMILES string of the molecule is O=C(Cn1cc(NC(=O)C2CCC2)nn1)Nc1cc(C(F)(F)F)ccc1Cl. The van der Waals surface area contributed by atoms with E-state index in [0.29, 0.717) is 0 Å². The highest BCUT2D eigenvalue weighted by atomic mass is 35.5. The van der Waals surface area contributed by atoms with Gasteiger partial charge in [0.1, 0.15) is 6.54 Å². The molecular weight excluding hydrogens is 387 g/mol. The molecule has 0 atom stereocenters. The molecule has 3 rings (SSSR count). The van der Waals surface area contributed by atoms with Gasteiger partial charge in [0.2, 0.25) is 11.8 Å². The van der Waals surface area contributed by atoms with E-state index < -0.39 is 17.6 Å². The Hall–Kier alpha value is -2.62. The largest absolute Gasteiger partial charge is 0.416 e. The first-order chi connectivity index (χ1) is 12.7. The van der Waals surface area contributed by atoms with Crippen LogP contribution in [-0.2, 0) is 22.3 Å². The number of aromatic nitrogens is 3. The van der Waals surface area contributed by atoms with Gasteiger partial charge in [-0.15, -0.1) is 5.10 Å². The minimum Gasteiger partial charge on any atom is -0.323 e. The first kappa shape index (κ1) is 19.2. The molecule has 1 aromatic carbocycles. The molecule has 0 bridgehead atoms. The minimum atomic E-state index is -4.55. The molecule has 1 fully saturated rings. The van der Waals surface area contributed by atoms with Crippen molar-refractivity contribution in [1.29, 1.82) is 0 Å². The van der Waals surface area contributed by atoms with Gasteiger partial charge in [-0.05, 0) is 31.0 Å². The number of amides is 2. The van der Waals surface area contributed by atoms with Crippen LogP contribution in [0.1, 0.15) is 24.8 Å². The van der Waals surface area contributed by atoms with Crippen LogP contribution in [0.15, 0.2) is 24.4 Å². The predicted molar refractivity (Wildman–Crippen MR) is 91.1 cm³/mol. The van der Waals surface area contributed by atoms with Gasteiger partial charge >= 0.3 is 6.18 Å². The zero-order chi connectivity index (χ0) is 19.6. The van der Waals surface area contributed by atoms with Crippen molar-refractivity contribution < 1.29 is 22.8 Å². The van der Waals surface area contributed by atoms with Gasteiger partial charge in [-0.3, -0.25) is 9.59 Å². The fourth-order valence-corrected chi connectivity index (χ4v) is 2.63. The van der Waals surface area contributed by atoms with Gasteiger partial charge in [0, 0.05) is 5.92 Å². The fraction of sp³-hybridized carbons (Fsp3) is 0.375. The number of halogens is 4. The Morgan fingerprint density at radius 3 is 2.63 bits per heavy atom. The van der Waals surface area contributed by atoms with E-state index in [2.05, 4.69) is 20.9 Å². The van der Waals surface area contributed by atoms with Crippen molar-refractivity contribution in [2.45, 2.75) is 32.0 Å². The first-order valence-electron chi connectivity index (χ1n) is 8.10. The van der Waals surface area contributed by atoms with E-state index in [9.17, 15) is 22.8 Å². The van der Waals surface area contributed by atoms with Crippen molar-refractivity contribution >= 4 is 34.9 Å². The number of nitrogens with one attached hydrogen (secondary N) is 2. The lowest BCUT2D eigenvalue weighted by Gasteiger charge is -2.23. The number of hydrogen-bond donors (Lipinski definition) is 2. The molecule has 1 aromatic heterocycles. The lowest BCUT2D eigenvalue weighted by molar-refractivity contribution is -0.137. The number of hydrogen-bond acceptors (Lipinski definition) is 4. The second kappa shape index (κ2) is 7.55. The summed E-state index contributed by atoms with van der Waals surface area (Å²) in [5.74, 6) is -0.607. The molecule has 0 radical (unpaired) electrons. The normalized spacial score (nSPS) is 14.5. The molecule has 1 saturated carbocycles. The molecule has 27 heavy (non-hydrogen) atoms. The fourth-order valence-electron chi connectivity index (χ4n) is 2.47. The van der Waals surface area contributed by atoms with Gasteiger partial charge in [0.25, 0.3) is 0 Å². The van der Waals surface area contributed by atoms with E-state index >= 15 is 0 Å². The standard InChI is InChI=1S/C16H15ClF3N5O2/c17-11-5-4-10(16(18,19)20)6-12(11)21-14(26)8-25-7-13(23-24-25)22-15(27)9-2-1-3-9/h4-7,9H,1-3,8H2,(H,21,26)(H,22,27). The number of anilines is 2. The summed E-state index contributed by atoms with van der Waals surface area (Å²) in [5.41, 5.74) is -1.08. The summed E-state index contributed by atoms with van der Waals surface area (Å²) in [4.78, 5) is 23.9. The number of carbonyl (C=O) groups excluding carboxylic acids is 2. The summed E-state index contributed by atoms with van der Waals surface area (Å²) in [7, 11) is 0. The lowest BCUT2D eigenvalue weighted by atomic mass is 9.85. The van der Waals surface area contributed by atoms with Crippen LogP contribution in [-0.4, -0.2) is 26.8 Å². The van der Waals surface area contributed by atoms with Crippen LogP contribution >= 0.6 is 11.6 Å². The molecule has 1 heterocycles. The van der Waals surface area contributed by atoms with Gasteiger partial charge in [0.05, 0.1) is 22.5 Å². The van der Waals surface area contributed by atoms with Crippen molar-refractivity contribution in [3.05, 3.63) is 35.0 Å². The number of rotatable bonds is 5. The monoisotopic (exact) mass is 401 g/mol. The van der Waals surface area contributed by atoms with Crippen LogP contribution in [0, 0.1) is 5.92 Å². The molecule has 0 unspecified atom stereocenters. The lowest BCUT2D eigenvalue weighted by Crippen LogP contribution is -2.28. The van der Waals surface area contributed by atoms with Gasteiger partial charge in [-0.1, -0.05) is 23.2 Å². The summed E-state index contributed by atoms with van der Waals surface area (Å²) in [6, 6.07) is 2.64. The molecule has 7 nitrogen and oxygen atoms in total. The van der Waals surface area contributed by atoms with Crippen molar-refractivity contribution in [2.24, 2.45) is 5.92 Å². The van der Waals surface area contributed by atoms with E-state index in [1.54, 1.807) is 0 Å². The Morgan fingerprint density at radius 1 is 1.26 bits per heavy atom. The van der Waals surface area contributed by atoms with Crippen molar-refractivity contribution in [3.8, 4) is 0 Å². The predicted octanol–water partition coefficient (Wildman–Crippen LogP) is 3.33. The van der Waals surface area contributed by atoms with Crippen LogP contribution in [0.3, 0.4) is 0 Å². The third-order valence-corrected chi connectivity index (χ3v) is 4.47. The molecule has 11 heteroatoms. The third kappa shape index (κ3) is 4.76. The molecule has 2 N–H and O–H groups in total. The highest BCUT2D eigenvalue weighted by Gasteiger charge is 2.31. The zero-order valence-electron chi connectivity index (χ0n) is 13.9. The highest BCUT2D eigenvalue weighted by Crippen LogP contribution is 2.33. The van der Waals surface area contributed by atoms with E-state index in [-0.39, 0.29) is 34.9 Å². The van der Waals surface area contributed by atoms with E-state index in [4.69, 9.17) is 11.6 Å². The van der Waals surface area contributed by atoms with Crippen molar-refractivity contribution in [1.82, 2.24) is 15.0 Å². The molecule has 0 spiro atoms. The second-order valence-electron chi connectivity index (χ2n) is 6.16. The smallest absolute Gasteiger partial charge is 0.323 e. The Bertz CT molecular complexity index is 864. The van der Waals surface area contributed by atoms with Gasteiger partial charge in [-0.2, -0.15) is 13.2 Å². The van der Waals surface area contributed by atoms with Crippen molar-refractivity contribution in [3.63, 3.8) is 0 Å². The average molecular weight is 402 g/mol. The summed E-state index contributed by atoms with van der Waals surface area (Å²) in [6.45, 7) is -0.307. The number of benzene rings is 1. The van der Waals surface area contributed by atoms with Crippen LogP contribution < -0.4 is 10.6 Å². The quantitative estimate of drug-likeness (QED) is 0.804. The molecule has 2 amide bonds. The van der Waals surface area contributed by atoms with Crippen LogP contribution in [0.4, 0.5) is 24.7 Å². The van der Waals surface area contributed by atoms with Crippen LogP contribution in [0.2, 0.25) is 5.02 Å². The first-order valence-corrected chi connectivity index (χ1v) is 8.48. The molecule has 1 aliphatic rings. The number of carbonyl (C=O) groups is 2. The molecule has 2 aromatic rings. The maximum absolute atomic E-state index is 12.8. The molecule has 0 aliphatic heterocycles. The van der Waals surface area contributed by atoms with E-state index in [1.807, 2.05) is 0 Å². The van der Waals surface area contributed by atoms with Gasteiger partial charge in [-0.25, -0.2) is 4.68 Å². The van der Waals surface area contributed by atoms with Crippen LogP contribution in [0.5, 0.6) is 0 Å². The summed E-state index contributed by atoms with van der Waals surface area (Å²) in [5, 5.41) is 12.4. The van der Waals surface area contributed by atoms with E-state index in [1.165, 1.54) is 6.20 Å². The molecular formula is C16H15ClF3N5O2. The molecule has 0 saturated heterocycles. The third-order valence-electron chi connectivity index (χ3n) is 4.14. The average Bonchev–Trinajstić information content (AvgIpc) is 2.93. The number of alkyl halides is 3. The second-order valence-corrected chi connectivity index (χ2v) is 6.57. The summed E-state index contributed by atoms with van der Waals surface area (Å²) < 4.78 is 39.5. The van der Waals surface area contributed by atoms with Crippen molar-refractivity contribution in [2.75, 3.05) is 10.6 Å². The molecule has 1 aliphatic carbocycles. The van der Waals surface area contributed by atoms with Gasteiger partial charge in [0.15, 0.2) is 5.82 Å². The maximum atomic E-state index is 12.8. The summed E-state index contributed by atoms with van der Waals surface area (Å²) >= 11 is 5.84. The molecule has 144 valence electrons. The minimum absolute atomic E-state index is 0.0246. The zero-order valence-corrected chi connectivity index (χ0v) is 14.6. The van der Waals surface area contributed by atoms with Crippen LogP contribution in [0.25, 0.3) is 0 Å². The Labute approximate surface area is 156 Å². The highest BCUT2D eigenvalue weighted by molar-refractivity contribution is 6.33.